The maximum absolute atomic E-state index is 12.3. The zero-order chi connectivity index (χ0) is 17.8. The van der Waals surface area contributed by atoms with E-state index in [-0.39, 0.29) is 23.9 Å². The summed E-state index contributed by atoms with van der Waals surface area (Å²) < 4.78 is 13.0. The maximum atomic E-state index is 12.3. The average molecular weight is 349 g/mol. The second-order valence-electron chi connectivity index (χ2n) is 7.25. The number of H-pyrrole nitrogens is 1. The zero-order valence-electron chi connectivity index (χ0n) is 14.9. The number of para-hydroxylation sites is 1. The molecule has 0 bridgehead atoms. The van der Waals surface area contributed by atoms with Gasteiger partial charge in [-0.1, -0.05) is 18.2 Å². The molecule has 1 aromatic carbocycles. The van der Waals surface area contributed by atoms with E-state index < -0.39 is 0 Å². The maximum Gasteiger partial charge on any atom is 0.337 e. The Morgan fingerprint density at radius 3 is 2.96 bits per heavy atom. The first-order valence-corrected chi connectivity index (χ1v) is 9.03. The fraction of sp³-hybridized carbons (Fsp3) is 0.333. The van der Waals surface area contributed by atoms with Gasteiger partial charge < -0.3 is 14.5 Å². The molecule has 1 unspecified atom stereocenters. The van der Waals surface area contributed by atoms with E-state index in [2.05, 4.69) is 46.9 Å². The second kappa shape index (κ2) is 5.59. The van der Waals surface area contributed by atoms with Crippen LogP contribution < -0.4 is 4.57 Å². The molecule has 3 atom stereocenters. The van der Waals surface area contributed by atoms with Crippen LogP contribution in [0.1, 0.15) is 12.6 Å². The van der Waals surface area contributed by atoms with Gasteiger partial charge in [-0.25, -0.2) is 9.36 Å². The lowest BCUT2D eigenvalue weighted by Crippen LogP contribution is -2.53. The molecule has 0 saturated carbocycles. The molecule has 0 fully saturated rings. The highest BCUT2D eigenvalue weighted by Crippen LogP contribution is 2.38. The molecule has 0 amide bonds. The van der Waals surface area contributed by atoms with Crippen LogP contribution in [0.4, 0.5) is 0 Å². The second-order valence-corrected chi connectivity index (χ2v) is 7.25. The molecule has 5 heteroatoms. The Labute approximate surface area is 151 Å². The summed E-state index contributed by atoms with van der Waals surface area (Å²) in [4.78, 5) is 15.8. The van der Waals surface area contributed by atoms with Crippen LogP contribution in [0.5, 0.6) is 0 Å². The van der Waals surface area contributed by atoms with Crippen molar-refractivity contribution in [3.05, 3.63) is 54.1 Å². The number of rotatable bonds is 1. The first-order valence-electron chi connectivity index (χ1n) is 9.03. The Bertz CT molecular complexity index is 1070. The number of carbonyl (C=O) groups excluding carboxylic acids is 1. The molecule has 5 rings (SSSR count). The van der Waals surface area contributed by atoms with Crippen molar-refractivity contribution in [2.45, 2.75) is 26.0 Å². The molecule has 1 N–H and O–H groups in total. The third-order valence-corrected chi connectivity index (χ3v) is 5.97. The van der Waals surface area contributed by atoms with E-state index in [1.165, 1.54) is 23.6 Å². The van der Waals surface area contributed by atoms with E-state index in [0.29, 0.717) is 5.57 Å². The molecule has 0 spiro atoms. The Kier molecular flexibility index (Phi) is 3.32. The van der Waals surface area contributed by atoms with E-state index in [4.69, 9.17) is 9.47 Å². The number of nitrogens with one attached hydrogen (secondary N) is 1. The molecular formula is C21H21N2O3+. The van der Waals surface area contributed by atoms with Gasteiger partial charge in [0.25, 0.3) is 0 Å². The number of benzene rings is 1. The Morgan fingerprint density at radius 2 is 2.12 bits per heavy atom. The van der Waals surface area contributed by atoms with Crippen LogP contribution in [0.3, 0.4) is 0 Å². The van der Waals surface area contributed by atoms with Crippen LogP contribution in [-0.4, -0.2) is 24.2 Å². The monoisotopic (exact) mass is 349 g/mol. The summed E-state index contributed by atoms with van der Waals surface area (Å²) in [6.45, 7) is 2.91. The molecule has 2 aromatic heterocycles. The number of carbonyl (C=O) groups is 1. The fourth-order valence-corrected chi connectivity index (χ4v) is 4.57. The smallest absolute Gasteiger partial charge is 0.337 e. The van der Waals surface area contributed by atoms with Crippen molar-refractivity contribution in [2.75, 3.05) is 7.11 Å². The van der Waals surface area contributed by atoms with Crippen molar-refractivity contribution in [1.82, 2.24) is 4.98 Å². The number of aromatic nitrogens is 2. The number of nitrogens with zero attached hydrogens (tertiary/aromatic N) is 1. The van der Waals surface area contributed by atoms with E-state index in [9.17, 15) is 4.79 Å². The van der Waals surface area contributed by atoms with Crippen LogP contribution in [0.25, 0.3) is 21.8 Å². The van der Waals surface area contributed by atoms with Gasteiger partial charge in [-0.2, -0.15) is 0 Å². The summed E-state index contributed by atoms with van der Waals surface area (Å²) in [6.07, 6.45) is 4.64. The lowest BCUT2D eigenvalue weighted by Gasteiger charge is -2.36. The molecule has 0 saturated heterocycles. The molecule has 3 aromatic rings. The van der Waals surface area contributed by atoms with Crippen LogP contribution in [-0.2, 0) is 27.2 Å². The van der Waals surface area contributed by atoms with Crippen LogP contribution in [0, 0.1) is 11.8 Å². The van der Waals surface area contributed by atoms with Crippen molar-refractivity contribution in [1.29, 1.82) is 0 Å². The first-order chi connectivity index (χ1) is 12.7. The zero-order valence-corrected chi connectivity index (χ0v) is 14.9. The van der Waals surface area contributed by atoms with E-state index in [1.54, 1.807) is 6.26 Å². The topological polar surface area (TPSA) is 55.2 Å². The minimum atomic E-state index is -0.288. The minimum Gasteiger partial charge on any atom is -0.497 e. The Morgan fingerprint density at radius 1 is 1.27 bits per heavy atom. The fourth-order valence-electron chi connectivity index (χ4n) is 4.57. The summed E-state index contributed by atoms with van der Waals surface area (Å²) in [7, 11) is 1.43. The van der Waals surface area contributed by atoms with Gasteiger partial charge in [0.05, 0.1) is 24.9 Å². The van der Waals surface area contributed by atoms with Crippen molar-refractivity contribution >= 4 is 27.8 Å². The van der Waals surface area contributed by atoms with Crippen molar-refractivity contribution in [2.24, 2.45) is 11.8 Å². The number of pyridine rings is 1. The molecule has 0 aliphatic carbocycles. The highest BCUT2D eigenvalue weighted by molar-refractivity contribution is 6.07. The lowest BCUT2D eigenvalue weighted by atomic mass is 9.76. The molecule has 26 heavy (non-hydrogen) atoms. The molecule has 132 valence electrons. The standard InChI is InChI=1S/C21H20N2O3/c1-12-16-10-23-8-7-14-13-5-3-4-6-18(13)22-20(14)19(23)9-15(16)17(11-26-12)21(24)25-2/h3-8,11-12,15-16H,9-10H2,1-2H3/p+1/t12?,15-,16+/m1/s1. The first kappa shape index (κ1) is 15.4. The van der Waals surface area contributed by atoms with Crippen LogP contribution in [0.15, 0.2) is 48.4 Å². The summed E-state index contributed by atoms with van der Waals surface area (Å²) in [5.41, 5.74) is 4.19. The number of ether oxygens (including phenoxy) is 2. The molecule has 5 nitrogen and oxygen atoms in total. The predicted molar refractivity (Wildman–Crippen MR) is 97.3 cm³/mol. The van der Waals surface area contributed by atoms with Crippen molar-refractivity contribution in [3.63, 3.8) is 0 Å². The minimum absolute atomic E-state index is 0.0764. The highest BCUT2D eigenvalue weighted by Gasteiger charge is 2.45. The van der Waals surface area contributed by atoms with Gasteiger partial charge in [0.15, 0.2) is 12.7 Å². The summed E-state index contributed by atoms with van der Waals surface area (Å²) >= 11 is 0. The van der Waals surface area contributed by atoms with Gasteiger partial charge in [0.1, 0.15) is 11.6 Å². The van der Waals surface area contributed by atoms with E-state index >= 15 is 0 Å². The van der Waals surface area contributed by atoms with Crippen molar-refractivity contribution in [3.8, 4) is 0 Å². The quantitative estimate of drug-likeness (QED) is 0.543. The SMILES string of the molecule is COC(=O)C1=COC(C)[C@@H]2C[n+]3ccc4c([nH]c5ccccc54)c3C[C@@H]12. The Balaban J connectivity index is 1.68. The van der Waals surface area contributed by atoms with Gasteiger partial charge in [-0.3, -0.25) is 0 Å². The summed E-state index contributed by atoms with van der Waals surface area (Å²) in [5.74, 6) is 0.0841. The third kappa shape index (κ3) is 2.09. The number of hydrogen-bond acceptors (Lipinski definition) is 3. The Hall–Kier alpha value is -2.82. The van der Waals surface area contributed by atoms with Gasteiger partial charge in [-0.15, -0.1) is 0 Å². The summed E-state index contributed by atoms with van der Waals surface area (Å²) in [6, 6.07) is 10.5. The molecule has 2 aliphatic rings. The van der Waals surface area contributed by atoms with E-state index in [1.807, 2.05) is 6.07 Å². The van der Waals surface area contributed by atoms with Gasteiger partial charge >= 0.3 is 5.97 Å². The molecule has 2 aliphatic heterocycles. The van der Waals surface area contributed by atoms with Gasteiger partial charge in [0, 0.05) is 34.7 Å². The number of fused-ring (bicyclic) bond motifs is 6. The lowest BCUT2D eigenvalue weighted by molar-refractivity contribution is -0.717. The van der Waals surface area contributed by atoms with Gasteiger partial charge in [0.2, 0.25) is 5.69 Å². The summed E-state index contributed by atoms with van der Waals surface area (Å²) in [5, 5.41) is 2.46. The van der Waals surface area contributed by atoms with Crippen LogP contribution >= 0.6 is 0 Å². The van der Waals surface area contributed by atoms with Crippen molar-refractivity contribution < 1.29 is 18.8 Å². The third-order valence-electron chi connectivity index (χ3n) is 5.97. The molecule has 4 heterocycles. The molecular weight excluding hydrogens is 328 g/mol. The number of hydrogen-bond donors (Lipinski definition) is 1. The predicted octanol–water partition coefficient (Wildman–Crippen LogP) is 2.87. The number of aromatic amines is 1. The largest absolute Gasteiger partial charge is 0.497 e. The number of esters is 1. The van der Waals surface area contributed by atoms with Gasteiger partial charge in [-0.05, 0) is 13.0 Å². The highest BCUT2D eigenvalue weighted by atomic mass is 16.5. The number of methoxy groups -OCH3 is 1. The molecule has 0 radical (unpaired) electrons. The van der Waals surface area contributed by atoms with Crippen LogP contribution in [0.2, 0.25) is 0 Å². The normalized spacial score (nSPS) is 24.5. The average Bonchev–Trinajstić information content (AvgIpc) is 3.06. The van der Waals surface area contributed by atoms with E-state index in [0.717, 1.165) is 24.0 Å².